The molecule has 2 aromatic rings. The van der Waals surface area contributed by atoms with E-state index in [-0.39, 0.29) is 23.3 Å². The maximum absolute atomic E-state index is 11.9. The molecule has 1 unspecified atom stereocenters. The Hall–Kier alpha value is -1.55. The maximum Gasteiger partial charge on any atom is 0.420 e. The van der Waals surface area contributed by atoms with Crippen molar-refractivity contribution in [3.05, 3.63) is 34.3 Å². The van der Waals surface area contributed by atoms with Crippen LogP contribution in [0, 0.1) is 0 Å². The third-order valence-corrected chi connectivity index (χ3v) is 4.36. The first-order chi connectivity index (χ1) is 8.95. The molecule has 1 saturated carbocycles. The number of hydrogen-bond acceptors (Lipinski definition) is 3. The molecule has 1 atom stereocenters. The van der Waals surface area contributed by atoms with E-state index in [0.29, 0.717) is 5.58 Å². The van der Waals surface area contributed by atoms with Crippen molar-refractivity contribution in [1.82, 2.24) is 4.57 Å². The summed E-state index contributed by atoms with van der Waals surface area (Å²) >= 11 is 0. The van der Waals surface area contributed by atoms with E-state index in [9.17, 15) is 4.79 Å². The van der Waals surface area contributed by atoms with Crippen molar-refractivity contribution in [2.45, 2.75) is 51.1 Å². The van der Waals surface area contributed by atoms with Crippen molar-refractivity contribution in [2.24, 2.45) is 5.73 Å². The Kier molecular flexibility index (Phi) is 2.61. The van der Waals surface area contributed by atoms with Crippen LogP contribution < -0.4 is 11.5 Å². The van der Waals surface area contributed by atoms with Gasteiger partial charge in [-0.15, -0.1) is 0 Å². The average Bonchev–Trinajstić information content (AvgIpc) is 3.06. The second-order valence-electron chi connectivity index (χ2n) is 5.96. The first-order valence-corrected chi connectivity index (χ1v) is 6.87. The van der Waals surface area contributed by atoms with Crippen LogP contribution in [0.25, 0.3) is 11.1 Å². The molecule has 1 aromatic heterocycles. The molecule has 1 aromatic carbocycles. The predicted octanol–water partition coefficient (Wildman–Crippen LogP) is 2.55. The van der Waals surface area contributed by atoms with Crippen LogP contribution in [0.1, 0.15) is 45.2 Å². The fourth-order valence-corrected chi connectivity index (χ4v) is 2.97. The summed E-state index contributed by atoms with van der Waals surface area (Å²) in [6, 6.07) is 6.25. The van der Waals surface area contributed by atoms with Crippen LogP contribution in [-0.2, 0) is 5.41 Å². The van der Waals surface area contributed by atoms with E-state index in [2.05, 4.69) is 13.0 Å². The summed E-state index contributed by atoms with van der Waals surface area (Å²) in [5.41, 5.74) is 8.98. The summed E-state index contributed by atoms with van der Waals surface area (Å²) in [6.45, 7) is 6.03. The lowest BCUT2D eigenvalue weighted by Gasteiger charge is -2.20. The van der Waals surface area contributed by atoms with Gasteiger partial charge in [0.05, 0.1) is 5.52 Å². The highest BCUT2D eigenvalue weighted by molar-refractivity contribution is 5.74. The van der Waals surface area contributed by atoms with E-state index in [1.54, 1.807) is 4.57 Å². The topological polar surface area (TPSA) is 61.2 Å². The van der Waals surface area contributed by atoms with Gasteiger partial charge >= 0.3 is 5.76 Å². The Balaban J connectivity index is 2.21. The van der Waals surface area contributed by atoms with Crippen molar-refractivity contribution in [3.63, 3.8) is 0 Å². The molecule has 2 N–H and O–H groups in total. The molecule has 0 saturated heterocycles. The van der Waals surface area contributed by atoms with Crippen LogP contribution in [0.15, 0.2) is 27.4 Å². The number of nitrogens with two attached hydrogens (primary N) is 1. The van der Waals surface area contributed by atoms with Crippen molar-refractivity contribution in [1.29, 1.82) is 0 Å². The van der Waals surface area contributed by atoms with Gasteiger partial charge in [0.1, 0.15) is 0 Å². The Bertz CT molecular complexity index is 675. The minimum atomic E-state index is -0.284. The molecule has 1 heterocycles. The largest absolute Gasteiger partial charge is 0.420 e. The van der Waals surface area contributed by atoms with Crippen LogP contribution in [0.4, 0.5) is 0 Å². The zero-order valence-electron chi connectivity index (χ0n) is 11.6. The molecule has 4 nitrogen and oxygen atoms in total. The molecule has 0 spiro atoms. The molecule has 0 aliphatic heterocycles. The summed E-state index contributed by atoms with van der Waals surface area (Å²) in [5, 5.41) is 0. The molecule has 4 heteroatoms. The highest BCUT2D eigenvalue weighted by atomic mass is 16.4. The zero-order chi connectivity index (χ0) is 13.8. The number of nitrogens with zero attached hydrogens (tertiary/aromatic N) is 1. The smallest absolute Gasteiger partial charge is 0.408 e. The SMILES string of the molecule is CC(C)n1c(=O)oc2ccc(C3(C(C)N)CC3)cc21. The Morgan fingerprint density at radius 2 is 2.00 bits per heavy atom. The van der Waals surface area contributed by atoms with Gasteiger partial charge in [0, 0.05) is 17.5 Å². The van der Waals surface area contributed by atoms with Gasteiger partial charge in [-0.1, -0.05) is 6.07 Å². The van der Waals surface area contributed by atoms with Crippen LogP contribution in [0.5, 0.6) is 0 Å². The molecule has 1 aliphatic carbocycles. The number of hydrogen-bond donors (Lipinski definition) is 1. The third-order valence-electron chi connectivity index (χ3n) is 4.36. The fourth-order valence-electron chi connectivity index (χ4n) is 2.97. The number of fused-ring (bicyclic) bond motifs is 1. The summed E-state index contributed by atoms with van der Waals surface area (Å²) in [4.78, 5) is 11.9. The number of oxazole rings is 1. The molecule has 19 heavy (non-hydrogen) atoms. The maximum atomic E-state index is 11.9. The molecule has 102 valence electrons. The second-order valence-corrected chi connectivity index (χ2v) is 5.96. The summed E-state index contributed by atoms with van der Waals surface area (Å²) in [5.74, 6) is -0.284. The van der Waals surface area contributed by atoms with Crippen LogP contribution in [0.3, 0.4) is 0 Å². The van der Waals surface area contributed by atoms with Gasteiger partial charge in [-0.05, 0) is 51.3 Å². The monoisotopic (exact) mass is 260 g/mol. The molecule has 3 rings (SSSR count). The van der Waals surface area contributed by atoms with Crippen molar-refractivity contribution in [3.8, 4) is 0 Å². The minimum absolute atomic E-state index is 0.0921. The Labute approximate surface area is 112 Å². The van der Waals surface area contributed by atoms with Gasteiger partial charge in [0.25, 0.3) is 0 Å². The van der Waals surface area contributed by atoms with Crippen LogP contribution >= 0.6 is 0 Å². The number of aromatic nitrogens is 1. The van der Waals surface area contributed by atoms with Crippen molar-refractivity contribution < 1.29 is 4.42 Å². The van der Waals surface area contributed by atoms with Gasteiger partial charge < -0.3 is 10.2 Å². The highest BCUT2D eigenvalue weighted by Gasteiger charge is 2.47. The number of rotatable bonds is 3. The van der Waals surface area contributed by atoms with Gasteiger partial charge in [-0.2, -0.15) is 0 Å². The summed E-state index contributed by atoms with van der Waals surface area (Å²) in [7, 11) is 0. The zero-order valence-corrected chi connectivity index (χ0v) is 11.6. The standard InChI is InChI=1S/C15H20N2O2/c1-9(2)17-12-8-11(15(6-7-15)10(3)16)4-5-13(12)19-14(17)18/h4-5,8-10H,6-7,16H2,1-3H3. The van der Waals surface area contributed by atoms with E-state index < -0.39 is 0 Å². The minimum Gasteiger partial charge on any atom is -0.408 e. The molecular formula is C15H20N2O2. The molecule has 0 amide bonds. The van der Waals surface area contributed by atoms with Crippen LogP contribution in [-0.4, -0.2) is 10.6 Å². The molecule has 1 aliphatic rings. The molecule has 0 radical (unpaired) electrons. The van der Waals surface area contributed by atoms with Crippen molar-refractivity contribution >= 4 is 11.1 Å². The van der Waals surface area contributed by atoms with Crippen molar-refractivity contribution in [2.75, 3.05) is 0 Å². The average molecular weight is 260 g/mol. The lowest BCUT2D eigenvalue weighted by Crippen LogP contribution is -2.31. The normalized spacial score (nSPS) is 19.0. The van der Waals surface area contributed by atoms with Gasteiger partial charge in [-0.3, -0.25) is 4.57 Å². The highest BCUT2D eigenvalue weighted by Crippen LogP contribution is 2.50. The van der Waals surface area contributed by atoms with E-state index in [1.165, 1.54) is 5.56 Å². The van der Waals surface area contributed by atoms with E-state index in [0.717, 1.165) is 18.4 Å². The second kappa shape index (κ2) is 3.97. The predicted molar refractivity (Wildman–Crippen MR) is 75.4 cm³/mol. The van der Waals surface area contributed by atoms with E-state index >= 15 is 0 Å². The summed E-state index contributed by atoms with van der Waals surface area (Å²) < 4.78 is 6.99. The molecule has 1 fully saturated rings. The first-order valence-electron chi connectivity index (χ1n) is 6.87. The lowest BCUT2D eigenvalue weighted by molar-refractivity contribution is 0.478. The van der Waals surface area contributed by atoms with Crippen LogP contribution in [0.2, 0.25) is 0 Å². The molecular weight excluding hydrogens is 240 g/mol. The molecule has 0 bridgehead atoms. The number of benzene rings is 1. The Morgan fingerprint density at radius 1 is 1.32 bits per heavy atom. The fraction of sp³-hybridized carbons (Fsp3) is 0.533. The lowest BCUT2D eigenvalue weighted by atomic mass is 9.89. The summed E-state index contributed by atoms with van der Waals surface area (Å²) in [6.07, 6.45) is 2.25. The quantitative estimate of drug-likeness (QED) is 0.922. The first kappa shape index (κ1) is 12.5. The third kappa shape index (κ3) is 1.74. The van der Waals surface area contributed by atoms with Gasteiger partial charge in [-0.25, -0.2) is 4.79 Å². The Morgan fingerprint density at radius 3 is 2.53 bits per heavy atom. The van der Waals surface area contributed by atoms with Gasteiger partial charge in [0.2, 0.25) is 0 Å². The van der Waals surface area contributed by atoms with E-state index in [4.69, 9.17) is 10.2 Å². The van der Waals surface area contributed by atoms with E-state index in [1.807, 2.05) is 26.0 Å². The van der Waals surface area contributed by atoms with Gasteiger partial charge in [0.15, 0.2) is 5.58 Å².